The molecule has 2 N–H and O–H groups in total. The number of anilines is 1. The molecule has 7 heteroatoms. The average Bonchev–Trinajstić information content (AvgIpc) is 2.76. The van der Waals surface area contributed by atoms with Crippen LogP contribution in [0.2, 0.25) is 5.02 Å². The highest BCUT2D eigenvalue weighted by atomic mass is 35.5. The van der Waals surface area contributed by atoms with E-state index in [1.54, 1.807) is 24.3 Å². The molecular weight excluding hydrogens is 346 g/mol. The molecule has 0 saturated carbocycles. The van der Waals surface area contributed by atoms with Crippen LogP contribution in [0.3, 0.4) is 0 Å². The number of aromatic nitrogens is 2. The van der Waals surface area contributed by atoms with Gasteiger partial charge < -0.3 is 5.73 Å². The molecule has 0 aliphatic rings. The van der Waals surface area contributed by atoms with Gasteiger partial charge in [0, 0.05) is 16.3 Å². The Balaban J connectivity index is 2.77. The van der Waals surface area contributed by atoms with Gasteiger partial charge in [0.15, 0.2) is 0 Å². The Hall–Kier alpha value is -1.66. The van der Waals surface area contributed by atoms with Gasteiger partial charge in [-0.15, -0.1) is 0 Å². The molecule has 0 amide bonds. The third kappa shape index (κ3) is 3.39. The quantitative estimate of drug-likeness (QED) is 0.871. The van der Waals surface area contributed by atoms with E-state index in [9.17, 15) is 9.59 Å². The minimum absolute atomic E-state index is 0.122. The molecule has 1 aromatic heterocycles. The van der Waals surface area contributed by atoms with E-state index in [1.165, 1.54) is 9.36 Å². The summed E-state index contributed by atoms with van der Waals surface area (Å²) in [6.07, 6.45) is 0.856. The van der Waals surface area contributed by atoms with Crippen molar-refractivity contribution in [2.75, 3.05) is 11.5 Å². The number of carbonyl (C=O) groups is 1. The largest absolute Gasteiger partial charge is 0.383 e. The highest BCUT2D eigenvalue weighted by Crippen LogP contribution is 2.32. The van der Waals surface area contributed by atoms with Crippen LogP contribution < -0.4 is 11.3 Å². The van der Waals surface area contributed by atoms with Crippen molar-refractivity contribution >= 4 is 34.4 Å². The SMILES string of the molecule is CCCSC(=O)n1c(N)c(-c2ccccc2Cl)c(=O)n1C(C)(C)C. The summed E-state index contributed by atoms with van der Waals surface area (Å²) in [5.74, 6) is 0.785. The Morgan fingerprint density at radius 2 is 1.92 bits per heavy atom. The van der Waals surface area contributed by atoms with Crippen molar-refractivity contribution in [2.45, 2.75) is 39.7 Å². The molecule has 0 radical (unpaired) electrons. The second-order valence-electron chi connectivity index (χ2n) is 6.45. The average molecular weight is 368 g/mol. The van der Waals surface area contributed by atoms with E-state index in [2.05, 4.69) is 0 Å². The van der Waals surface area contributed by atoms with Gasteiger partial charge in [0.25, 0.3) is 5.56 Å². The number of nitrogen functional groups attached to an aromatic ring is 1. The summed E-state index contributed by atoms with van der Waals surface area (Å²) in [6, 6.07) is 6.99. The summed E-state index contributed by atoms with van der Waals surface area (Å²) < 4.78 is 2.69. The fourth-order valence-corrected chi connectivity index (χ4v) is 3.38. The zero-order valence-corrected chi connectivity index (χ0v) is 15.9. The van der Waals surface area contributed by atoms with Gasteiger partial charge in [-0.1, -0.05) is 48.5 Å². The van der Waals surface area contributed by atoms with E-state index in [0.29, 0.717) is 16.3 Å². The predicted octanol–water partition coefficient (Wildman–Crippen LogP) is 4.42. The van der Waals surface area contributed by atoms with Crippen LogP contribution in [0.5, 0.6) is 0 Å². The van der Waals surface area contributed by atoms with Gasteiger partial charge in [-0.25, -0.2) is 4.68 Å². The monoisotopic (exact) mass is 367 g/mol. The van der Waals surface area contributed by atoms with Crippen LogP contribution >= 0.6 is 23.4 Å². The van der Waals surface area contributed by atoms with Crippen molar-refractivity contribution in [3.63, 3.8) is 0 Å². The number of hydrogen-bond donors (Lipinski definition) is 1. The first-order valence-corrected chi connectivity index (χ1v) is 9.12. The van der Waals surface area contributed by atoms with Gasteiger partial charge >= 0.3 is 5.24 Å². The van der Waals surface area contributed by atoms with Crippen LogP contribution in [0, 0.1) is 0 Å². The van der Waals surface area contributed by atoms with Gasteiger partial charge in [0.1, 0.15) is 5.82 Å². The Labute approximate surface area is 150 Å². The number of rotatable bonds is 3. The number of thioether (sulfide) groups is 1. The maximum atomic E-state index is 13.0. The molecule has 0 unspecified atom stereocenters. The van der Waals surface area contributed by atoms with Crippen molar-refractivity contribution in [3.8, 4) is 11.1 Å². The number of benzene rings is 1. The summed E-state index contributed by atoms with van der Waals surface area (Å²) in [4.78, 5) is 25.7. The summed E-state index contributed by atoms with van der Waals surface area (Å²) in [7, 11) is 0. The third-order valence-electron chi connectivity index (χ3n) is 3.47. The van der Waals surface area contributed by atoms with Crippen molar-refractivity contribution in [1.29, 1.82) is 0 Å². The summed E-state index contributed by atoms with van der Waals surface area (Å²) >= 11 is 7.39. The van der Waals surface area contributed by atoms with Crippen LogP contribution in [0.4, 0.5) is 10.6 Å². The van der Waals surface area contributed by atoms with E-state index in [1.807, 2.05) is 27.7 Å². The lowest BCUT2D eigenvalue weighted by atomic mass is 10.1. The van der Waals surface area contributed by atoms with E-state index >= 15 is 0 Å². The Kier molecular flexibility index (Phi) is 5.50. The molecule has 5 nitrogen and oxygen atoms in total. The summed E-state index contributed by atoms with van der Waals surface area (Å²) in [6.45, 7) is 7.57. The van der Waals surface area contributed by atoms with Gasteiger partial charge in [-0.2, -0.15) is 4.68 Å². The number of carbonyl (C=O) groups excluding carboxylic acids is 1. The fraction of sp³-hybridized carbons (Fsp3) is 0.412. The smallest absolute Gasteiger partial charge is 0.306 e. The third-order valence-corrected chi connectivity index (χ3v) is 4.83. The van der Waals surface area contributed by atoms with Crippen LogP contribution in [0.15, 0.2) is 29.1 Å². The van der Waals surface area contributed by atoms with Crippen molar-refractivity contribution in [1.82, 2.24) is 9.36 Å². The summed E-state index contributed by atoms with van der Waals surface area (Å²) in [5, 5.41) is 0.160. The summed E-state index contributed by atoms with van der Waals surface area (Å²) in [5.41, 5.74) is 6.10. The second-order valence-corrected chi connectivity index (χ2v) is 7.91. The minimum atomic E-state index is -0.604. The normalized spacial score (nSPS) is 11.7. The Bertz CT molecular complexity index is 818. The zero-order valence-electron chi connectivity index (χ0n) is 14.3. The van der Waals surface area contributed by atoms with Gasteiger partial charge in [-0.3, -0.25) is 9.59 Å². The highest BCUT2D eigenvalue weighted by Gasteiger charge is 2.30. The van der Waals surface area contributed by atoms with Gasteiger partial charge in [-0.05, 0) is 33.3 Å². The number of nitrogens with two attached hydrogens (primary N) is 1. The lowest BCUT2D eigenvalue weighted by Gasteiger charge is -2.23. The molecule has 0 saturated heterocycles. The Morgan fingerprint density at radius 1 is 1.29 bits per heavy atom. The van der Waals surface area contributed by atoms with Crippen LogP contribution in [0.1, 0.15) is 34.1 Å². The molecule has 130 valence electrons. The maximum Gasteiger partial charge on any atom is 0.306 e. The van der Waals surface area contributed by atoms with E-state index in [-0.39, 0.29) is 22.2 Å². The first-order chi connectivity index (χ1) is 11.2. The van der Waals surface area contributed by atoms with Crippen LogP contribution in [-0.2, 0) is 5.54 Å². The first-order valence-electron chi connectivity index (χ1n) is 7.76. The van der Waals surface area contributed by atoms with Crippen LogP contribution in [0.25, 0.3) is 11.1 Å². The van der Waals surface area contributed by atoms with Gasteiger partial charge in [0.05, 0.1) is 11.1 Å². The number of hydrogen-bond acceptors (Lipinski definition) is 4. The lowest BCUT2D eigenvalue weighted by Crippen LogP contribution is -2.38. The molecule has 0 atom stereocenters. The molecular formula is C17H22ClN3O2S. The maximum absolute atomic E-state index is 13.0. The first kappa shape index (κ1) is 18.7. The molecule has 2 aromatic rings. The Morgan fingerprint density at radius 3 is 2.46 bits per heavy atom. The van der Waals surface area contributed by atoms with Crippen LogP contribution in [-0.4, -0.2) is 20.4 Å². The standard InChI is InChI=1S/C17H22ClN3O2S/c1-5-10-24-16(23)20-14(19)13(11-8-6-7-9-12(11)18)15(22)21(20)17(2,3)4/h6-9H,5,10,19H2,1-4H3. The molecule has 1 heterocycles. The zero-order chi connectivity index (χ0) is 18.1. The number of halogens is 1. The molecule has 0 aliphatic heterocycles. The molecule has 0 spiro atoms. The molecule has 0 aliphatic carbocycles. The van der Waals surface area contributed by atoms with Gasteiger partial charge in [0.2, 0.25) is 0 Å². The van der Waals surface area contributed by atoms with E-state index in [4.69, 9.17) is 17.3 Å². The van der Waals surface area contributed by atoms with Crippen molar-refractivity contribution in [3.05, 3.63) is 39.6 Å². The second kappa shape index (κ2) is 7.07. The molecule has 0 fully saturated rings. The highest BCUT2D eigenvalue weighted by molar-refractivity contribution is 8.13. The molecule has 24 heavy (non-hydrogen) atoms. The molecule has 1 aromatic carbocycles. The van der Waals surface area contributed by atoms with E-state index < -0.39 is 5.54 Å². The number of nitrogens with zero attached hydrogens (tertiary/aromatic N) is 2. The van der Waals surface area contributed by atoms with Crippen molar-refractivity contribution in [2.24, 2.45) is 0 Å². The lowest BCUT2D eigenvalue weighted by molar-refractivity contribution is 0.243. The molecule has 0 bridgehead atoms. The van der Waals surface area contributed by atoms with Crippen molar-refractivity contribution < 1.29 is 4.79 Å². The predicted molar refractivity (Wildman–Crippen MR) is 102 cm³/mol. The molecule has 2 rings (SSSR count). The minimum Gasteiger partial charge on any atom is -0.383 e. The fourth-order valence-electron chi connectivity index (χ4n) is 2.47. The van der Waals surface area contributed by atoms with E-state index in [0.717, 1.165) is 18.2 Å². The topological polar surface area (TPSA) is 70.0 Å².